The van der Waals surface area contributed by atoms with Gasteiger partial charge in [0.15, 0.2) is 0 Å². The molecular formula is C10H16N2. The summed E-state index contributed by atoms with van der Waals surface area (Å²) in [7, 11) is 0. The van der Waals surface area contributed by atoms with Gasteiger partial charge in [-0.3, -0.25) is 0 Å². The first-order valence-electron chi connectivity index (χ1n) is 4.80. The van der Waals surface area contributed by atoms with Crippen molar-refractivity contribution in [3.05, 3.63) is 24.0 Å². The minimum absolute atomic E-state index is 1.20. The Bertz CT molecular complexity index is 212. The van der Waals surface area contributed by atoms with Crippen LogP contribution >= 0.6 is 0 Å². The smallest absolute Gasteiger partial charge is 0.0147 e. The molecule has 0 bridgehead atoms. The molecule has 0 atom stereocenters. The zero-order chi connectivity index (χ0) is 8.23. The Hall–Kier alpha value is -0.760. The summed E-state index contributed by atoms with van der Waals surface area (Å²) in [5.41, 5.74) is 1.37. The number of H-pyrrole nitrogens is 1. The summed E-state index contributed by atoms with van der Waals surface area (Å²) in [5, 5.41) is 0. The SMILES string of the molecule is c1c[nH]c(CCCN2CCC2)c1. The van der Waals surface area contributed by atoms with Gasteiger partial charge < -0.3 is 9.88 Å². The van der Waals surface area contributed by atoms with E-state index >= 15 is 0 Å². The van der Waals surface area contributed by atoms with Gasteiger partial charge in [-0.1, -0.05) is 0 Å². The number of likely N-dealkylation sites (tertiary alicyclic amines) is 1. The van der Waals surface area contributed by atoms with Crippen LogP contribution in [0, 0.1) is 0 Å². The molecule has 2 heterocycles. The standard InChI is InChI=1S/C10H16N2/c1-4-10(11-6-1)5-2-7-12-8-3-9-12/h1,4,6,11H,2-3,5,7-9H2. The fourth-order valence-corrected chi connectivity index (χ4v) is 1.62. The monoisotopic (exact) mass is 164 g/mol. The lowest BCUT2D eigenvalue weighted by molar-refractivity contribution is 0.179. The number of nitrogens with zero attached hydrogens (tertiary/aromatic N) is 1. The fourth-order valence-electron chi connectivity index (χ4n) is 1.62. The van der Waals surface area contributed by atoms with Gasteiger partial charge in [-0.25, -0.2) is 0 Å². The van der Waals surface area contributed by atoms with Crippen LogP contribution in [0.25, 0.3) is 0 Å². The largest absolute Gasteiger partial charge is 0.365 e. The molecule has 0 unspecified atom stereocenters. The van der Waals surface area contributed by atoms with E-state index in [9.17, 15) is 0 Å². The van der Waals surface area contributed by atoms with E-state index in [-0.39, 0.29) is 0 Å². The van der Waals surface area contributed by atoms with E-state index in [1.807, 2.05) is 6.20 Å². The average molecular weight is 164 g/mol. The van der Waals surface area contributed by atoms with Crippen molar-refractivity contribution < 1.29 is 0 Å². The maximum Gasteiger partial charge on any atom is 0.0147 e. The maximum absolute atomic E-state index is 3.23. The molecular weight excluding hydrogens is 148 g/mol. The van der Waals surface area contributed by atoms with Crippen LogP contribution in [0.3, 0.4) is 0 Å². The molecule has 0 aliphatic carbocycles. The van der Waals surface area contributed by atoms with E-state index in [1.54, 1.807) is 0 Å². The lowest BCUT2D eigenvalue weighted by Crippen LogP contribution is -2.37. The number of hydrogen-bond donors (Lipinski definition) is 1. The summed E-state index contributed by atoms with van der Waals surface area (Å²) in [6, 6.07) is 4.23. The van der Waals surface area contributed by atoms with Gasteiger partial charge in [0.2, 0.25) is 0 Å². The second kappa shape index (κ2) is 3.76. The summed E-state index contributed by atoms with van der Waals surface area (Å²) in [5.74, 6) is 0. The Morgan fingerprint density at radius 2 is 2.33 bits per heavy atom. The van der Waals surface area contributed by atoms with Gasteiger partial charge in [0.05, 0.1) is 0 Å². The molecule has 0 amide bonds. The van der Waals surface area contributed by atoms with E-state index in [0.29, 0.717) is 0 Å². The first-order chi connectivity index (χ1) is 5.95. The minimum atomic E-state index is 1.20. The molecule has 1 aromatic rings. The number of aromatic nitrogens is 1. The van der Waals surface area contributed by atoms with Gasteiger partial charge in [0.1, 0.15) is 0 Å². The molecule has 1 saturated heterocycles. The highest BCUT2D eigenvalue weighted by atomic mass is 15.2. The topological polar surface area (TPSA) is 19.0 Å². The number of nitrogens with one attached hydrogen (secondary N) is 1. The van der Waals surface area contributed by atoms with Crippen molar-refractivity contribution in [1.29, 1.82) is 0 Å². The Labute approximate surface area is 73.6 Å². The molecule has 1 aliphatic rings. The Balaban J connectivity index is 1.62. The van der Waals surface area contributed by atoms with Crippen molar-refractivity contribution in [3.8, 4) is 0 Å². The van der Waals surface area contributed by atoms with Gasteiger partial charge in [-0.2, -0.15) is 0 Å². The minimum Gasteiger partial charge on any atom is -0.365 e. The third-order valence-corrected chi connectivity index (χ3v) is 2.53. The molecule has 1 aliphatic heterocycles. The van der Waals surface area contributed by atoms with Crippen LogP contribution in [0.1, 0.15) is 18.5 Å². The number of hydrogen-bond acceptors (Lipinski definition) is 1. The van der Waals surface area contributed by atoms with Crippen LogP contribution < -0.4 is 0 Å². The van der Waals surface area contributed by atoms with Crippen LogP contribution in [0.15, 0.2) is 18.3 Å². The molecule has 0 saturated carbocycles. The van der Waals surface area contributed by atoms with E-state index in [4.69, 9.17) is 0 Å². The molecule has 1 fully saturated rings. The van der Waals surface area contributed by atoms with Crippen LogP contribution in [-0.2, 0) is 6.42 Å². The Morgan fingerprint density at radius 3 is 2.92 bits per heavy atom. The van der Waals surface area contributed by atoms with Gasteiger partial charge in [-0.15, -0.1) is 0 Å². The first-order valence-corrected chi connectivity index (χ1v) is 4.80. The highest BCUT2D eigenvalue weighted by Gasteiger charge is 2.11. The zero-order valence-corrected chi connectivity index (χ0v) is 7.42. The van der Waals surface area contributed by atoms with E-state index < -0.39 is 0 Å². The molecule has 0 aromatic carbocycles. The predicted octanol–water partition coefficient (Wildman–Crippen LogP) is 1.65. The first kappa shape index (κ1) is 7.87. The zero-order valence-electron chi connectivity index (χ0n) is 7.42. The van der Waals surface area contributed by atoms with Crippen molar-refractivity contribution >= 4 is 0 Å². The van der Waals surface area contributed by atoms with E-state index in [2.05, 4.69) is 22.0 Å². The predicted molar refractivity (Wildman–Crippen MR) is 50.2 cm³/mol. The van der Waals surface area contributed by atoms with Crippen molar-refractivity contribution in [2.75, 3.05) is 19.6 Å². The Kier molecular flexibility index (Phi) is 2.47. The van der Waals surface area contributed by atoms with Crippen molar-refractivity contribution in [3.63, 3.8) is 0 Å². The van der Waals surface area contributed by atoms with Crippen LogP contribution in [-0.4, -0.2) is 29.5 Å². The summed E-state index contributed by atoms with van der Waals surface area (Å²) < 4.78 is 0. The third-order valence-electron chi connectivity index (χ3n) is 2.53. The molecule has 1 aromatic heterocycles. The lowest BCUT2D eigenvalue weighted by Gasteiger charge is -2.30. The normalized spacial score (nSPS) is 17.7. The van der Waals surface area contributed by atoms with E-state index in [1.165, 1.54) is 44.6 Å². The third kappa shape index (κ3) is 1.89. The molecule has 2 heteroatoms. The average Bonchev–Trinajstić information content (AvgIpc) is 2.46. The molecule has 2 rings (SSSR count). The number of rotatable bonds is 4. The highest BCUT2D eigenvalue weighted by molar-refractivity contribution is 5.03. The van der Waals surface area contributed by atoms with Crippen LogP contribution in [0.5, 0.6) is 0 Å². The maximum atomic E-state index is 3.23. The summed E-state index contributed by atoms with van der Waals surface area (Å²) >= 11 is 0. The quantitative estimate of drug-likeness (QED) is 0.717. The van der Waals surface area contributed by atoms with Crippen molar-refractivity contribution in [2.45, 2.75) is 19.3 Å². The van der Waals surface area contributed by atoms with Crippen molar-refractivity contribution in [1.82, 2.24) is 9.88 Å². The molecule has 0 radical (unpaired) electrons. The van der Waals surface area contributed by atoms with Gasteiger partial charge >= 0.3 is 0 Å². The van der Waals surface area contributed by atoms with Crippen LogP contribution in [0.4, 0.5) is 0 Å². The van der Waals surface area contributed by atoms with Gasteiger partial charge in [0, 0.05) is 11.9 Å². The Morgan fingerprint density at radius 1 is 1.42 bits per heavy atom. The number of aryl methyl sites for hydroxylation is 1. The number of aromatic amines is 1. The highest BCUT2D eigenvalue weighted by Crippen LogP contribution is 2.07. The molecule has 66 valence electrons. The summed E-state index contributed by atoms with van der Waals surface area (Å²) in [4.78, 5) is 5.75. The molecule has 12 heavy (non-hydrogen) atoms. The van der Waals surface area contributed by atoms with Gasteiger partial charge in [-0.05, 0) is 51.0 Å². The van der Waals surface area contributed by atoms with Crippen LogP contribution in [0.2, 0.25) is 0 Å². The van der Waals surface area contributed by atoms with Gasteiger partial charge in [0.25, 0.3) is 0 Å². The fraction of sp³-hybridized carbons (Fsp3) is 0.600. The second-order valence-electron chi connectivity index (χ2n) is 3.49. The summed E-state index contributed by atoms with van der Waals surface area (Å²) in [6.07, 6.45) is 5.89. The molecule has 1 N–H and O–H groups in total. The lowest BCUT2D eigenvalue weighted by atomic mass is 10.2. The molecule has 0 spiro atoms. The summed E-state index contributed by atoms with van der Waals surface area (Å²) in [6.45, 7) is 3.93. The second-order valence-corrected chi connectivity index (χ2v) is 3.49. The van der Waals surface area contributed by atoms with Crippen molar-refractivity contribution in [2.24, 2.45) is 0 Å². The molecule has 2 nitrogen and oxygen atoms in total. The van der Waals surface area contributed by atoms with E-state index in [0.717, 1.165) is 0 Å².